The van der Waals surface area contributed by atoms with E-state index in [1.54, 1.807) is 54.6 Å². The number of nitriles is 1. The molecule has 0 saturated heterocycles. The van der Waals surface area contributed by atoms with E-state index in [-0.39, 0.29) is 48.3 Å². The number of benzene rings is 2. The predicted molar refractivity (Wildman–Crippen MR) is 155 cm³/mol. The summed E-state index contributed by atoms with van der Waals surface area (Å²) in [5.74, 6) is -0.447. The maximum Gasteiger partial charge on any atom is 0.404 e. The molecule has 13 heteroatoms. The average molecular weight is 586 g/mol. The summed E-state index contributed by atoms with van der Waals surface area (Å²) in [6.07, 6.45) is -0.0145. The molecule has 0 fully saturated rings. The molecule has 2 heterocycles. The van der Waals surface area contributed by atoms with Gasteiger partial charge in [0, 0.05) is 36.8 Å². The fraction of sp³-hybridized carbons (Fsp3) is 0.167. The van der Waals surface area contributed by atoms with E-state index in [4.69, 9.17) is 23.7 Å². The fourth-order valence-corrected chi connectivity index (χ4v) is 4.17. The van der Waals surface area contributed by atoms with Crippen LogP contribution in [-0.4, -0.2) is 55.6 Å². The molecule has 3 amide bonds. The second-order valence-corrected chi connectivity index (χ2v) is 8.79. The summed E-state index contributed by atoms with van der Waals surface area (Å²) in [5, 5.41) is 26.6. The molecular weight excluding hydrogens is 558 g/mol. The van der Waals surface area contributed by atoms with Gasteiger partial charge in [0.15, 0.2) is 18.4 Å². The lowest BCUT2D eigenvalue weighted by molar-refractivity contribution is -0.116. The minimum Gasteiger partial charge on any atom is -0.494 e. The largest absolute Gasteiger partial charge is 0.494 e. The van der Waals surface area contributed by atoms with Gasteiger partial charge < -0.3 is 39.7 Å². The van der Waals surface area contributed by atoms with Crippen molar-refractivity contribution >= 4 is 29.4 Å². The lowest BCUT2D eigenvalue weighted by Gasteiger charge is -2.18. The molecular formula is C30H27N5O8. The molecule has 0 bridgehead atoms. The van der Waals surface area contributed by atoms with Gasteiger partial charge in [-0.05, 0) is 36.4 Å². The molecule has 4 N–H and O–H groups in total. The van der Waals surface area contributed by atoms with Crippen molar-refractivity contribution in [3.8, 4) is 40.0 Å². The third-order valence-corrected chi connectivity index (χ3v) is 6.02. The zero-order valence-corrected chi connectivity index (χ0v) is 23.2. The zero-order valence-electron chi connectivity index (χ0n) is 23.2. The van der Waals surface area contributed by atoms with E-state index < -0.39 is 17.9 Å². The molecule has 0 saturated carbocycles. The minimum atomic E-state index is -1.24. The number of ether oxygens (including phenoxy) is 3. The van der Waals surface area contributed by atoms with Crippen LogP contribution in [-0.2, 0) is 9.53 Å². The van der Waals surface area contributed by atoms with Crippen LogP contribution in [0.4, 0.5) is 16.3 Å². The van der Waals surface area contributed by atoms with Gasteiger partial charge in [-0.2, -0.15) is 5.26 Å². The van der Waals surface area contributed by atoms with Crippen molar-refractivity contribution in [2.45, 2.75) is 6.42 Å². The van der Waals surface area contributed by atoms with Gasteiger partial charge in [0.2, 0.25) is 5.91 Å². The van der Waals surface area contributed by atoms with E-state index >= 15 is 0 Å². The summed E-state index contributed by atoms with van der Waals surface area (Å²) in [6, 6.07) is 18.8. The van der Waals surface area contributed by atoms with Gasteiger partial charge >= 0.3 is 6.09 Å². The Bertz CT molecular complexity index is 1660. The second-order valence-electron chi connectivity index (χ2n) is 8.79. The molecule has 0 unspecified atom stereocenters. The average Bonchev–Trinajstić information content (AvgIpc) is 3.55. The number of furan rings is 1. The number of aromatic nitrogens is 1. The highest BCUT2D eigenvalue weighted by molar-refractivity contribution is 6.03. The third-order valence-electron chi connectivity index (χ3n) is 6.02. The summed E-state index contributed by atoms with van der Waals surface area (Å²) in [4.78, 5) is 40.8. The Balaban J connectivity index is 1.86. The Hall–Kier alpha value is -5.87. The number of methoxy groups -OCH3 is 2. The van der Waals surface area contributed by atoms with Gasteiger partial charge in [-0.15, -0.1) is 0 Å². The van der Waals surface area contributed by atoms with Crippen LogP contribution in [0, 0.1) is 11.3 Å². The highest BCUT2D eigenvalue weighted by Crippen LogP contribution is 2.42. The second kappa shape index (κ2) is 14.2. The summed E-state index contributed by atoms with van der Waals surface area (Å²) in [6.45, 7) is -0.113. The van der Waals surface area contributed by atoms with Crippen LogP contribution < -0.4 is 25.4 Å². The smallest absolute Gasteiger partial charge is 0.404 e. The molecule has 0 aliphatic carbocycles. The van der Waals surface area contributed by atoms with Crippen LogP contribution >= 0.6 is 0 Å². The maximum atomic E-state index is 13.0. The summed E-state index contributed by atoms with van der Waals surface area (Å²) >= 11 is 0. The molecule has 2 aromatic carbocycles. The molecule has 4 rings (SSSR count). The number of pyridine rings is 1. The summed E-state index contributed by atoms with van der Waals surface area (Å²) in [5.41, 5.74) is 1.95. The molecule has 0 spiro atoms. The first kappa shape index (κ1) is 30.1. The first-order chi connectivity index (χ1) is 20.9. The van der Waals surface area contributed by atoms with Gasteiger partial charge in [0.1, 0.15) is 23.1 Å². The number of anilines is 2. The van der Waals surface area contributed by atoms with E-state index in [0.29, 0.717) is 28.1 Å². The molecule has 0 aliphatic rings. The molecule has 220 valence electrons. The number of carboxylic acid groups (broad SMARTS) is 1. The molecule has 0 atom stereocenters. The van der Waals surface area contributed by atoms with Crippen molar-refractivity contribution < 1.29 is 38.1 Å². The van der Waals surface area contributed by atoms with E-state index in [2.05, 4.69) is 27.0 Å². The van der Waals surface area contributed by atoms with Gasteiger partial charge in [-0.25, -0.2) is 9.78 Å². The predicted octanol–water partition coefficient (Wildman–Crippen LogP) is 4.72. The fourth-order valence-electron chi connectivity index (χ4n) is 4.17. The normalized spacial score (nSPS) is 10.3. The van der Waals surface area contributed by atoms with Gasteiger partial charge in [-0.3, -0.25) is 9.59 Å². The van der Waals surface area contributed by atoms with Crippen molar-refractivity contribution in [1.29, 1.82) is 5.26 Å². The lowest BCUT2D eigenvalue weighted by Crippen LogP contribution is -2.26. The number of nitrogens with zero attached hydrogens (tertiary/aromatic N) is 2. The van der Waals surface area contributed by atoms with Crippen molar-refractivity contribution in [3.05, 3.63) is 78.3 Å². The number of nitrogens with one attached hydrogen (secondary N) is 3. The van der Waals surface area contributed by atoms with Gasteiger partial charge in [-0.1, -0.05) is 24.3 Å². The molecule has 0 radical (unpaired) electrons. The first-order valence-electron chi connectivity index (χ1n) is 12.8. The van der Waals surface area contributed by atoms with Crippen molar-refractivity contribution in [1.82, 2.24) is 10.3 Å². The highest BCUT2D eigenvalue weighted by Gasteiger charge is 2.23. The van der Waals surface area contributed by atoms with E-state index in [9.17, 15) is 19.6 Å². The van der Waals surface area contributed by atoms with Crippen LogP contribution in [0.25, 0.3) is 22.4 Å². The maximum absolute atomic E-state index is 13.0. The van der Waals surface area contributed by atoms with Crippen LogP contribution in [0.2, 0.25) is 0 Å². The summed E-state index contributed by atoms with van der Waals surface area (Å²) in [7, 11) is 2.89. The number of hydrogen-bond donors (Lipinski definition) is 4. The minimum absolute atomic E-state index is 0.0150. The highest BCUT2D eigenvalue weighted by atomic mass is 16.7. The molecule has 13 nitrogen and oxygen atoms in total. The quantitative estimate of drug-likeness (QED) is 0.170. The standard InChI is InChI=1S/C30H27N5O8/c1-40-17-43-24-10-4-3-7-19(24)23-15-20(21(16-31)28(34-23)35-29(37)25-11-6-14-42-25)18-8-5-9-22(27(18)41-2)33-26(36)12-13-32-30(38)39/h3-11,14-15,32H,12-13,17H2,1-2H3,(H,33,36)(H,38,39)(H,34,35,37). The van der Waals surface area contributed by atoms with Crippen LogP contribution in [0.5, 0.6) is 11.5 Å². The Morgan fingerprint density at radius 3 is 2.49 bits per heavy atom. The zero-order chi connectivity index (χ0) is 30.8. The van der Waals surface area contributed by atoms with E-state index in [0.717, 1.165) is 0 Å². The van der Waals surface area contributed by atoms with E-state index in [1.165, 1.54) is 26.5 Å². The van der Waals surface area contributed by atoms with Crippen molar-refractivity contribution in [2.24, 2.45) is 0 Å². The third kappa shape index (κ3) is 7.26. The molecule has 0 aliphatic heterocycles. The molecule has 43 heavy (non-hydrogen) atoms. The number of carbonyl (C=O) groups excluding carboxylic acids is 2. The number of amides is 3. The van der Waals surface area contributed by atoms with E-state index in [1.807, 2.05) is 0 Å². The first-order valence-corrected chi connectivity index (χ1v) is 12.8. The van der Waals surface area contributed by atoms with Crippen molar-refractivity contribution in [3.63, 3.8) is 0 Å². The van der Waals surface area contributed by atoms with Crippen molar-refractivity contribution in [2.75, 3.05) is 38.2 Å². The Kier molecular flexibility index (Phi) is 9.91. The van der Waals surface area contributed by atoms with Gasteiger partial charge in [0.25, 0.3) is 5.91 Å². The lowest BCUT2D eigenvalue weighted by atomic mass is 9.96. The number of carbonyl (C=O) groups is 3. The topological polar surface area (TPSA) is 185 Å². The Morgan fingerprint density at radius 2 is 1.79 bits per heavy atom. The number of hydrogen-bond acceptors (Lipinski definition) is 9. The molecule has 4 aromatic rings. The Labute approximate surface area is 246 Å². The van der Waals surface area contributed by atoms with Crippen LogP contribution in [0.1, 0.15) is 22.5 Å². The van der Waals surface area contributed by atoms with Crippen LogP contribution in [0.3, 0.4) is 0 Å². The van der Waals surface area contributed by atoms with Crippen LogP contribution in [0.15, 0.2) is 71.3 Å². The summed E-state index contributed by atoms with van der Waals surface area (Å²) < 4.78 is 21.7. The SMILES string of the molecule is COCOc1ccccc1-c1cc(-c2cccc(NC(=O)CCNC(=O)O)c2OC)c(C#N)c(NC(=O)c2ccco2)n1. The number of rotatable bonds is 12. The monoisotopic (exact) mass is 585 g/mol. The van der Waals surface area contributed by atoms with Gasteiger partial charge in [0.05, 0.1) is 24.8 Å². The Morgan fingerprint density at radius 1 is 1.00 bits per heavy atom. The number of para-hydroxylation sites is 2. The molecule has 2 aromatic heterocycles.